The molecule has 0 bridgehead atoms. The lowest BCUT2D eigenvalue weighted by atomic mass is 10.1. The molecule has 0 amide bonds. The molecule has 0 saturated heterocycles. The van der Waals surface area contributed by atoms with Crippen molar-refractivity contribution >= 4 is 12.3 Å². The van der Waals surface area contributed by atoms with E-state index in [0.717, 1.165) is 0 Å². The summed E-state index contributed by atoms with van der Waals surface area (Å²) in [5.74, 6) is 0.899. The number of nitrogens with zero attached hydrogens (tertiary/aromatic N) is 3. The van der Waals surface area contributed by atoms with Crippen molar-refractivity contribution in [3.8, 4) is 0 Å². The van der Waals surface area contributed by atoms with Crippen molar-refractivity contribution in [2.24, 2.45) is 15.7 Å². The summed E-state index contributed by atoms with van der Waals surface area (Å²) in [6.45, 7) is 9.95. The largest absolute Gasteiger partial charge is 0.368 e. The van der Waals surface area contributed by atoms with E-state index in [9.17, 15) is 0 Å². The van der Waals surface area contributed by atoms with E-state index >= 15 is 0 Å². The van der Waals surface area contributed by atoms with Crippen LogP contribution >= 0.6 is 0 Å². The Morgan fingerprint density at radius 1 is 1.50 bits per heavy atom. The number of nitrogens with two attached hydrogens (primary N) is 1. The third-order valence-electron chi connectivity index (χ3n) is 1.55. The van der Waals surface area contributed by atoms with Crippen LogP contribution in [0.25, 0.3) is 0 Å². The van der Waals surface area contributed by atoms with Gasteiger partial charge in [0.25, 0.3) is 0 Å². The van der Waals surface area contributed by atoms with Crippen molar-refractivity contribution in [1.82, 2.24) is 4.90 Å². The van der Waals surface area contributed by atoms with Crippen LogP contribution in [0.15, 0.2) is 22.4 Å². The average molecular weight is 166 g/mol. The standard InChI is InChI=1S/C8H14N4/c1-6-11-7(9)10-5-12(6)8(2,3)4/h5H,1H2,2-4H3,(H2,9,11). The number of hydrogen-bond donors (Lipinski definition) is 1. The normalized spacial score (nSPS) is 18.1. The summed E-state index contributed by atoms with van der Waals surface area (Å²) in [5.41, 5.74) is 5.34. The molecule has 0 aromatic rings. The second kappa shape index (κ2) is 2.62. The molecule has 12 heavy (non-hydrogen) atoms. The fourth-order valence-electron chi connectivity index (χ4n) is 0.959. The Bertz CT molecular complexity index is 257. The average Bonchev–Trinajstić information content (AvgIpc) is 1.83. The molecule has 4 heteroatoms. The maximum atomic E-state index is 5.40. The van der Waals surface area contributed by atoms with Gasteiger partial charge in [-0.2, -0.15) is 4.99 Å². The predicted molar refractivity (Wildman–Crippen MR) is 50.8 cm³/mol. The molecule has 1 aliphatic heterocycles. The second-order valence-corrected chi connectivity index (χ2v) is 3.67. The van der Waals surface area contributed by atoms with Crippen LogP contribution in [0.1, 0.15) is 20.8 Å². The quantitative estimate of drug-likeness (QED) is 0.581. The molecule has 0 aromatic heterocycles. The lowest BCUT2D eigenvalue weighted by Gasteiger charge is -2.34. The first-order valence-corrected chi connectivity index (χ1v) is 3.78. The summed E-state index contributed by atoms with van der Waals surface area (Å²) in [5, 5.41) is 0. The molecule has 0 atom stereocenters. The topological polar surface area (TPSA) is 54.0 Å². The Hall–Kier alpha value is -1.32. The van der Waals surface area contributed by atoms with Crippen LogP contribution in [0, 0.1) is 0 Å². The second-order valence-electron chi connectivity index (χ2n) is 3.67. The lowest BCUT2D eigenvalue weighted by molar-refractivity contribution is 0.295. The molecule has 0 spiro atoms. The van der Waals surface area contributed by atoms with Crippen LogP contribution in [0.5, 0.6) is 0 Å². The third kappa shape index (κ3) is 1.64. The van der Waals surface area contributed by atoms with E-state index in [0.29, 0.717) is 5.82 Å². The highest BCUT2D eigenvalue weighted by Crippen LogP contribution is 2.18. The minimum absolute atomic E-state index is 0.0508. The first kappa shape index (κ1) is 8.77. The van der Waals surface area contributed by atoms with Crippen molar-refractivity contribution in [2.75, 3.05) is 0 Å². The SMILES string of the molecule is C=C1N=C(N)N=CN1C(C)(C)C. The van der Waals surface area contributed by atoms with Gasteiger partial charge < -0.3 is 10.6 Å². The Balaban J connectivity index is 2.87. The molecular weight excluding hydrogens is 152 g/mol. The summed E-state index contributed by atoms with van der Waals surface area (Å²) in [7, 11) is 0. The van der Waals surface area contributed by atoms with Gasteiger partial charge in [-0.1, -0.05) is 6.58 Å². The van der Waals surface area contributed by atoms with Crippen molar-refractivity contribution in [3.05, 3.63) is 12.4 Å². The highest BCUT2D eigenvalue weighted by atomic mass is 15.3. The van der Waals surface area contributed by atoms with Gasteiger partial charge in [-0.15, -0.1) is 0 Å². The van der Waals surface area contributed by atoms with E-state index in [1.54, 1.807) is 6.34 Å². The third-order valence-corrected chi connectivity index (χ3v) is 1.55. The zero-order valence-electron chi connectivity index (χ0n) is 7.70. The Kier molecular flexibility index (Phi) is 1.92. The first-order valence-electron chi connectivity index (χ1n) is 3.78. The van der Waals surface area contributed by atoms with Gasteiger partial charge in [0.15, 0.2) is 0 Å². The number of hydrogen-bond acceptors (Lipinski definition) is 4. The van der Waals surface area contributed by atoms with Crippen LogP contribution < -0.4 is 5.73 Å². The number of rotatable bonds is 0. The van der Waals surface area contributed by atoms with E-state index in [1.165, 1.54) is 0 Å². The van der Waals surface area contributed by atoms with Gasteiger partial charge in [0.1, 0.15) is 12.2 Å². The van der Waals surface area contributed by atoms with Gasteiger partial charge in [-0.05, 0) is 20.8 Å². The fourth-order valence-corrected chi connectivity index (χ4v) is 0.959. The molecule has 0 aromatic carbocycles. The zero-order chi connectivity index (χ0) is 9.35. The van der Waals surface area contributed by atoms with Crippen LogP contribution in [-0.2, 0) is 0 Å². The Morgan fingerprint density at radius 2 is 2.08 bits per heavy atom. The smallest absolute Gasteiger partial charge is 0.223 e. The molecule has 1 aliphatic rings. The van der Waals surface area contributed by atoms with E-state index in [-0.39, 0.29) is 11.5 Å². The molecule has 1 heterocycles. The lowest BCUT2D eigenvalue weighted by Crippen LogP contribution is -2.41. The van der Waals surface area contributed by atoms with Gasteiger partial charge in [-0.25, -0.2) is 4.99 Å². The molecule has 0 saturated carbocycles. The fraction of sp³-hybridized carbons (Fsp3) is 0.500. The van der Waals surface area contributed by atoms with Crippen molar-refractivity contribution in [2.45, 2.75) is 26.3 Å². The minimum Gasteiger partial charge on any atom is -0.368 e. The highest BCUT2D eigenvalue weighted by molar-refractivity contribution is 5.89. The van der Waals surface area contributed by atoms with Crippen molar-refractivity contribution in [3.63, 3.8) is 0 Å². The van der Waals surface area contributed by atoms with E-state index in [1.807, 2.05) is 4.90 Å². The molecule has 0 unspecified atom stereocenters. The van der Waals surface area contributed by atoms with E-state index in [4.69, 9.17) is 5.73 Å². The predicted octanol–water partition coefficient (Wildman–Crippen LogP) is 0.915. The van der Waals surface area contributed by atoms with Crippen LogP contribution in [0.4, 0.5) is 0 Å². The summed E-state index contributed by atoms with van der Waals surface area (Å²) in [6.07, 6.45) is 1.66. The molecule has 2 N–H and O–H groups in total. The monoisotopic (exact) mass is 166 g/mol. The van der Waals surface area contributed by atoms with Crippen molar-refractivity contribution in [1.29, 1.82) is 0 Å². The van der Waals surface area contributed by atoms with Gasteiger partial charge in [0, 0.05) is 5.54 Å². The molecule has 1 rings (SSSR count). The van der Waals surface area contributed by atoms with Gasteiger partial charge >= 0.3 is 0 Å². The van der Waals surface area contributed by atoms with Crippen LogP contribution in [-0.4, -0.2) is 22.7 Å². The Morgan fingerprint density at radius 3 is 2.50 bits per heavy atom. The summed E-state index contributed by atoms with van der Waals surface area (Å²) >= 11 is 0. The van der Waals surface area contributed by atoms with Crippen molar-refractivity contribution < 1.29 is 0 Å². The zero-order valence-corrected chi connectivity index (χ0v) is 7.70. The van der Waals surface area contributed by atoms with Crippen LogP contribution in [0.3, 0.4) is 0 Å². The maximum absolute atomic E-state index is 5.40. The number of guanidine groups is 1. The Labute approximate surface area is 72.5 Å². The van der Waals surface area contributed by atoms with E-state index in [2.05, 4.69) is 37.3 Å². The summed E-state index contributed by atoms with van der Waals surface area (Å²) < 4.78 is 0. The first-order chi connectivity index (χ1) is 5.41. The highest BCUT2D eigenvalue weighted by Gasteiger charge is 2.22. The van der Waals surface area contributed by atoms with Crippen LogP contribution in [0.2, 0.25) is 0 Å². The molecule has 0 radical (unpaired) electrons. The van der Waals surface area contributed by atoms with Gasteiger partial charge in [-0.3, -0.25) is 0 Å². The maximum Gasteiger partial charge on any atom is 0.223 e. The molecule has 0 fully saturated rings. The minimum atomic E-state index is -0.0508. The molecule has 4 nitrogen and oxygen atoms in total. The van der Waals surface area contributed by atoms with Gasteiger partial charge in [0.05, 0.1) is 0 Å². The summed E-state index contributed by atoms with van der Waals surface area (Å²) in [4.78, 5) is 9.73. The van der Waals surface area contributed by atoms with E-state index < -0.39 is 0 Å². The number of aliphatic imine (C=N–C) groups is 2. The van der Waals surface area contributed by atoms with Gasteiger partial charge in [0.2, 0.25) is 5.96 Å². The molecular formula is C8H14N4. The molecule has 0 aliphatic carbocycles. The summed E-state index contributed by atoms with van der Waals surface area (Å²) in [6, 6.07) is 0. The molecule has 66 valence electrons.